The Kier molecular flexibility index (Phi) is 11.2. The molecule has 32 heavy (non-hydrogen) atoms. The molecule has 12 heteroatoms. The van der Waals surface area contributed by atoms with Gasteiger partial charge in [-0.05, 0) is 6.92 Å². The van der Waals surface area contributed by atoms with Crippen molar-refractivity contribution in [3.05, 3.63) is 12.2 Å². The van der Waals surface area contributed by atoms with E-state index in [2.05, 4.69) is 11.9 Å². The van der Waals surface area contributed by atoms with Crippen molar-refractivity contribution in [2.45, 2.75) is 64.5 Å². The van der Waals surface area contributed by atoms with E-state index in [0.717, 1.165) is 13.8 Å². The Morgan fingerprint density at radius 2 is 1.38 bits per heavy atom. The van der Waals surface area contributed by atoms with Crippen molar-refractivity contribution < 1.29 is 47.7 Å². The van der Waals surface area contributed by atoms with Crippen LogP contribution in [0.2, 0.25) is 0 Å². The number of amides is 1. The van der Waals surface area contributed by atoms with Crippen molar-refractivity contribution in [1.82, 2.24) is 5.32 Å². The molecule has 1 heterocycles. The third-order valence-corrected chi connectivity index (χ3v) is 5.15. The lowest BCUT2D eigenvalue weighted by molar-refractivity contribution is -0.237. The average Bonchev–Trinajstić information content (AvgIpc) is 2.66. The monoisotopic (exact) mass is 475 g/mol. The average molecular weight is 476 g/mol. The van der Waals surface area contributed by atoms with E-state index in [1.54, 1.807) is 6.92 Å². The van der Waals surface area contributed by atoms with Gasteiger partial charge in [0.1, 0.15) is 18.1 Å². The van der Waals surface area contributed by atoms with Crippen LogP contribution in [-0.4, -0.2) is 78.5 Å². The number of rotatable bonds is 10. The fourth-order valence-corrected chi connectivity index (χ4v) is 3.89. The number of ether oxygens (including phenoxy) is 5. The van der Waals surface area contributed by atoms with Gasteiger partial charge in [-0.25, -0.2) is 0 Å². The van der Waals surface area contributed by atoms with E-state index in [1.165, 1.54) is 25.6 Å². The van der Waals surface area contributed by atoms with E-state index >= 15 is 0 Å². The molecule has 1 aliphatic rings. The van der Waals surface area contributed by atoms with Crippen LogP contribution in [0.3, 0.4) is 0 Å². The lowest BCUT2D eigenvalue weighted by atomic mass is 9.99. The summed E-state index contributed by atoms with van der Waals surface area (Å²) >= 11 is 1.17. The van der Waals surface area contributed by atoms with Gasteiger partial charge in [0.25, 0.3) is 0 Å². The number of carbonyl (C=O) groups excluding carboxylic acids is 5. The Balaban J connectivity index is 3.13. The van der Waals surface area contributed by atoms with E-state index in [4.69, 9.17) is 23.7 Å². The predicted molar refractivity (Wildman–Crippen MR) is 112 cm³/mol. The molecule has 1 amide bonds. The molecule has 0 unspecified atom stereocenters. The highest BCUT2D eigenvalue weighted by molar-refractivity contribution is 7.99. The first-order valence-corrected chi connectivity index (χ1v) is 10.8. The second kappa shape index (κ2) is 13.1. The number of carbonyl (C=O) groups is 5. The largest absolute Gasteiger partial charge is 0.463 e. The Hall–Kier alpha value is -2.60. The molecular weight excluding hydrogens is 446 g/mol. The van der Waals surface area contributed by atoms with Gasteiger partial charge in [-0.3, -0.25) is 24.0 Å². The highest BCUT2D eigenvalue weighted by atomic mass is 32.2. The Morgan fingerprint density at radius 1 is 0.844 bits per heavy atom. The zero-order chi connectivity index (χ0) is 24.4. The lowest BCUT2D eigenvalue weighted by Crippen LogP contribution is -2.61. The minimum absolute atomic E-state index is 0.253. The molecule has 0 radical (unpaired) electrons. The molecule has 0 bridgehead atoms. The minimum atomic E-state index is -1.21. The molecule has 1 aliphatic heterocycles. The lowest BCUT2D eigenvalue weighted by Gasteiger charge is -2.44. The van der Waals surface area contributed by atoms with Crippen LogP contribution in [0.15, 0.2) is 12.2 Å². The van der Waals surface area contributed by atoms with Crippen LogP contribution in [0, 0.1) is 0 Å². The third kappa shape index (κ3) is 9.27. The molecular formula is C20H29NO10S. The van der Waals surface area contributed by atoms with E-state index in [1.807, 2.05) is 0 Å². The van der Waals surface area contributed by atoms with Crippen molar-refractivity contribution in [2.75, 3.05) is 18.9 Å². The fourth-order valence-electron chi connectivity index (χ4n) is 2.81. The number of hydrogen-bond donors (Lipinski definition) is 1. The maximum Gasteiger partial charge on any atom is 0.303 e. The summed E-state index contributed by atoms with van der Waals surface area (Å²) in [6.07, 6.45) is -4.53. The Bertz CT molecular complexity index is 740. The smallest absolute Gasteiger partial charge is 0.303 e. The number of hydrogen-bond acceptors (Lipinski definition) is 11. The van der Waals surface area contributed by atoms with Gasteiger partial charge in [0.15, 0.2) is 18.3 Å². The molecule has 1 saturated heterocycles. The summed E-state index contributed by atoms with van der Waals surface area (Å²) < 4.78 is 27.0. The van der Waals surface area contributed by atoms with E-state index in [-0.39, 0.29) is 19.1 Å². The first kappa shape index (κ1) is 27.4. The van der Waals surface area contributed by atoms with Crippen LogP contribution in [-0.2, 0) is 47.7 Å². The standard InChI is InChI=1S/C20H29NO10S/c1-10(2)19(26)21-7-8-32-20-18(30-14(6)25)17(29-13(5)24)16(28-12(4)23)15(31-20)9-27-11(3)22/h15-18,20H,1,7-9H2,2-6H3,(H,21,26)/t15-,16-,17+,18-,20+/m1/s1. The zero-order valence-corrected chi connectivity index (χ0v) is 19.5. The van der Waals surface area contributed by atoms with Crippen LogP contribution in [0.4, 0.5) is 0 Å². The van der Waals surface area contributed by atoms with Crippen LogP contribution in [0.25, 0.3) is 0 Å². The van der Waals surface area contributed by atoms with Gasteiger partial charge >= 0.3 is 23.9 Å². The topological polar surface area (TPSA) is 144 Å². The second-order valence-electron chi connectivity index (χ2n) is 6.97. The van der Waals surface area contributed by atoms with Crippen molar-refractivity contribution >= 4 is 41.5 Å². The molecule has 0 aromatic rings. The summed E-state index contributed by atoms with van der Waals surface area (Å²) in [5.74, 6) is -2.63. The third-order valence-electron chi connectivity index (χ3n) is 4.01. The van der Waals surface area contributed by atoms with Crippen LogP contribution in [0.1, 0.15) is 34.6 Å². The van der Waals surface area contributed by atoms with Gasteiger partial charge in [-0.1, -0.05) is 6.58 Å². The molecule has 0 aromatic carbocycles. The van der Waals surface area contributed by atoms with Crippen LogP contribution >= 0.6 is 11.8 Å². The van der Waals surface area contributed by atoms with Crippen molar-refractivity contribution in [1.29, 1.82) is 0 Å². The molecule has 0 saturated carbocycles. The maximum absolute atomic E-state index is 11.8. The molecule has 1 N–H and O–H groups in total. The first-order valence-electron chi connectivity index (χ1n) is 9.78. The van der Waals surface area contributed by atoms with Gasteiger partial charge in [-0.2, -0.15) is 0 Å². The van der Waals surface area contributed by atoms with Crippen molar-refractivity contribution in [3.8, 4) is 0 Å². The summed E-state index contributed by atoms with van der Waals surface area (Å²) in [6.45, 7) is 9.76. The minimum Gasteiger partial charge on any atom is -0.463 e. The van der Waals surface area contributed by atoms with E-state index in [9.17, 15) is 24.0 Å². The zero-order valence-electron chi connectivity index (χ0n) is 18.7. The molecule has 180 valence electrons. The van der Waals surface area contributed by atoms with Crippen LogP contribution < -0.4 is 5.32 Å². The van der Waals surface area contributed by atoms with Crippen LogP contribution in [0.5, 0.6) is 0 Å². The molecule has 0 aromatic heterocycles. The number of esters is 4. The fraction of sp³-hybridized carbons (Fsp3) is 0.650. The highest BCUT2D eigenvalue weighted by Gasteiger charge is 2.52. The Labute approximate surface area is 190 Å². The maximum atomic E-state index is 11.8. The van der Waals surface area contributed by atoms with Gasteiger partial charge in [0, 0.05) is 45.6 Å². The first-order chi connectivity index (χ1) is 14.9. The molecule has 5 atom stereocenters. The van der Waals surface area contributed by atoms with Gasteiger partial charge in [0.2, 0.25) is 5.91 Å². The van der Waals surface area contributed by atoms with E-state index < -0.39 is 53.7 Å². The van der Waals surface area contributed by atoms with Gasteiger partial charge < -0.3 is 29.0 Å². The predicted octanol–water partition coefficient (Wildman–Crippen LogP) is 0.495. The summed E-state index contributed by atoms with van der Waals surface area (Å²) in [5.41, 5.74) is -0.528. The Morgan fingerprint density at radius 3 is 1.88 bits per heavy atom. The SMILES string of the molecule is C=C(C)C(=O)NCCS[C@@H]1O[C@H](COC(C)=O)[C@@H](OC(C)=O)[C@H](OC(C)=O)[C@H]1OC(C)=O. The summed E-state index contributed by atoms with van der Waals surface area (Å²) in [6, 6.07) is 0. The second-order valence-corrected chi connectivity index (χ2v) is 8.18. The highest BCUT2D eigenvalue weighted by Crippen LogP contribution is 2.34. The summed E-state index contributed by atoms with van der Waals surface area (Å²) in [5, 5.41) is 2.66. The quantitative estimate of drug-likeness (QED) is 0.204. The normalized spacial score (nSPS) is 24.6. The summed E-state index contributed by atoms with van der Waals surface area (Å²) in [7, 11) is 0. The molecule has 0 spiro atoms. The number of thioether (sulfide) groups is 1. The molecule has 1 fully saturated rings. The number of nitrogens with one attached hydrogen (secondary N) is 1. The summed E-state index contributed by atoms with van der Waals surface area (Å²) in [4.78, 5) is 58.1. The van der Waals surface area contributed by atoms with Crippen molar-refractivity contribution in [3.63, 3.8) is 0 Å². The van der Waals surface area contributed by atoms with Crippen molar-refractivity contribution in [2.24, 2.45) is 0 Å². The van der Waals surface area contributed by atoms with Gasteiger partial charge in [-0.15, -0.1) is 11.8 Å². The van der Waals surface area contributed by atoms with E-state index in [0.29, 0.717) is 11.3 Å². The molecule has 11 nitrogen and oxygen atoms in total. The molecule has 1 rings (SSSR count). The molecule has 0 aliphatic carbocycles. The van der Waals surface area contributed by atoms with Gasteiger partial charge in [0.05, 0.1) is 0 Å².